The van der Waals surface area contributed by atoms with Crippen LogP contribution in [-0.4, -0.2) is 27.1 Å². The first-order valence-electron chi connectivity index (χ1n) is 9.37. The van der Waals surface area contributed by atoms with Crippen LogP contribution in [0.4, 0.5) is 5.69 Å². The SMILES string of the molecule is COc1ccc([C@H]2CC(c3c(O)n(C)c(=S)n(C)c3=O)=Nc3ccccc3S2)cc1. The summed E-state index contributed by atoms with van der Waals surface area (Å²) in [5, 5.41) is 10.8. The first-order chi connectivity index (χ1) is 14.4. The molecule has 1 aromatic heterocycles. The summed E-state index contributed by atoms with van der Waals surface area (Å²) in [5.74, 6) is 0.617. The number of nitrogens with zero attached hydrogens (tertiary/aromatic N) is 3. The van der Waals surface area contributed by atoms with Gasteiger partial charge in [0.1, 0.15) is 11.3 Å². The van der Waals surface area contributed by atoms with Gasteiger partial charge in [0.05, 0.1) is 18.5 Å². The lowest BCUT2D eigenvalue weighted by Gasteiger charge is -2.18. The third-order valence-electron chi connectivity index (χ3n) is 5.18. The van der Waals surface area contributed by atoms with Crippen molar-refractivity contribution in [2.24, 2.45) is 19.1 Å². The second-order valence-electron chi connectivity index (χ2n) is 7.01. The molecule has 0 aliphatic carbocycles. The molecule has 0 unspecified atom stereocenters. The molecule has 8 heteroatoms. The molecule has 1 aliphatic rings. The summed E-state index contributed by atoms with van der Waals surface area (Å²) in [6.45, 7) is 0. The summed E-state index contributed by atoms with van der Waals surface area (Å²) in [6, 6.07) is 15.7. The van der Waals surface area contributed by atoms with E-state index in [1.54, 1.807) is 33.0 Å². The van der Waals surface area contributed by atoms with E-state index in [9.17, 15) is 9.90 Å². The number of thioether (sulfide) groups is 1. The van der Waals surface area contributed by atoms with Gasteiger partial charge in [0.2, 0.25) is 5.88 Å². The molecule has 0 radical (unpaired) electrons. The van der Waals surface area contributed by atoms with Gasteiger partial charge in [-0.15, -0.1) is 11.8 Å². The highest BCUT2D eigenvalue weighted by Crippen LogP contribution is 2.45. The van der Waals surface area contributed by atoms with Gasteiger partial charge in [0.25, 0.3) is 5.56 Å². The van der Waals surface area contributed by atoms with E-state index in [-0.39, 0.29) is 27.0 Å². The largest absolute Gasteiger partial charge is 0.497 e. The summed E-state index contributed by atoms with van der Waals surface area (Å²) in [6.07, 6.45) is 0.477. The summed E-state index contributed by atoms with van der Waals surface area (Å²) >= 11 is 6.95. The molecule has 3 aromatic rings. The number of aromatic nitrogens is 2. The standard InChI is InChI=1S/C22H21N3O3S2/c1-24-20(26)19(21(27)25(2)22(24)29)16-12-18(13-8-10-14(28-3)11-9-13)30-17-7-5-4-6-15(17)23-16/h4-11,18,26H,12H2,1-3H3/t18-/m1/s1. The zero-order valence-electron chi connectivity index (χ0n) is 16.8. The van der Waals surface area contributed by atoms with Gasteiger partial charge in [-0.25, -0.2) is 0 Å². The van der Waals surface area contributed by atoms with Crippen molar-refractivity contribution in [1.29, 1.82) is 0 Å². The van der Waals surface area contributed by atoms with E-state index < -0.39 is 0 Å². The van der Waals surface area contributed by atoms with Crippen molar-refractivity contribution in [1.82, 2.24) is 9.13 Å². The Balaban J connectivity index is 1.90. The maximum absolute atomic E-state index is 13.0. The van der Waals surface area contributed by atoms with Crippen molar-refractivity contribution in [3.05, 3.63) is 74.8 Å². The normalized spacial score (nSPS) is 15.8. The highest BCUT2D eigenvalue weighted by molar-refractivity contribution is 7.99. The first kappa shape index (κ1) is 20.4. The summed E-state index contributed by atoms with van der Waals surface area (Å²) in [4.78, 5) is 18.9. The van der Waals surface area contributed by atoms with Gasteiger partial charge in [-0.1, -0.05) is 24.3 Å². The Kier molecular flexibility index (Phi) is 5.53. The number of methoxy groups -OCH3 is 1. The number of rotatable bonds is 3. The fraction of sp³-hybridized carbons (Fsp3) is 0.227. The molecule has 1 atom stereocenters. The van der Waals surface area contributed by atoms with Gasteiger partial charge in [0, 0.05) is 30.7 Å². The highest BCUT2D eigenvalue weighted by Gasteiger charge is 2.27. The van der Waals surface area contributed by atoms with Crippen LogP contribution in [0.5, 0.6) is 11.6 Å². The average molecular weight is 440 g/mol. The lowest BCUT2D eigenvalue weighted by molar-refractivity contribution is 0.414. The van der Waals surface area contributed by atoms with E-state index in [1.807, 2.05) is 48.5 Å². The molecular weight excluding hydrogens is 418 g/mol. The molecule has 1 N–H and O–H groups in total. The van der Waals surface area contributed by atoms with E-state index in [1.165, 1.54) is 9.13 Å². The van der Waals surface area contributed by atoms with Crippen LogP contribution in [0.25, 0.3) is 0 Å². The van der Waals surface area contributed by atoms with Gasteiger partial charge in [-0.05, 0) is 42.0 Å². The summed E-state index contributed by atoms with van der Waals surface area (Å²) in [7, 11) is 4.88. The molecule has 2 heterocycles. The van der Waals surface area contributed by atoms with Crippen molar-refractivity contribution in [3.8, 4) is 11.6 Å². The van der Waals surface area contributed by atoms with Crippen molar-refractivity contribution in [2.75, 3.05) is 7.11 Å². The Hall–Kier alpha value is -2.84. The molecule has 0 bridgehead atoms. The predicted molar refractivity (Wildman–Crippen MR) is 122 cm³/mol. The van der Waals surface area contributed by atoms with Crippen LogP contribution >= 0.6 is 24.0 Å². The Morgan fingerprint density at radius 3 is 2.53 bits per heavy atom. The number of fused-ring (bicyclic) bond motifs is 1. The quantitative estimate of drug-likeness (QED) is 0.608. The molecule has 0 saturated carbocycles. The lowest BCUT2D eigenvalue weighted by atomic mass is 10.0. The molecule has 0 saturated heterocycles. The van der Waals surface area contributed by atoms with Gasteiger partial charge < -0.3 is 9.84 Å². The number of ether oxygens (including phenoxy) is 1. The third-order valence-corrected chi connectivity index (χ3v) is 7.05. The van der Waals surface area contributed by atoms with Crippen LogP contribution in [0, 0.1) is 4.77 Å². The number of para-hydroxylation sites is 1. The van der Waals surface area contributed by atoms with Gasteiger partial charge in [0.15, 0.2) is 4.77 Å². The second-order valence-corrected chi connectivity index (χ2v) is 8.62. The number of benzene rings is 2. The fourth-order valence-corrected chi connectivity index (χ4v) is 4.86. The molecule has 154 valence electrons. The van der Waals surface area contributed by atoms with Crippen molar-refractivity contribution < 1.29 is 9.84 Å². The average Bonchev–Trinajstić information content (AvgIpc) is 2.96. The van der Waals surface area contributed by atoms with E-state index >= 15 is 0 Å². The Bertz CT molecular complexity index is 1260. The van der Waals surface area contributed by atoms with Crippen LogP contribution in [0.1, 0.15) is 22.8 Å². The summed E-state index contributed by atoms with van der Waals surface area (Å²) < 4.78 is 8.32. The monoisotopic (exact) mass is 439 g/mol. The van der Waals surface area contributed by atoms with Gasteiger partial charge >= 0.3 is 0 Å². The second kappa shape index (κ2) is 8.12. The first-order valence-corrected chi connectivity index (χ1v) is 10.7. The summed E-state index contributed by atoms with van der Waals surface area (Å²) in [5.41, 5.74) is 2.24. The molecule has 0 spiro atoms. The van der Waals surface area contributed by atoms with Crippen LogP contribution in [0.15, 0.2) is 63.2 Å². The van der Waals surface area contributed by atoms with E-state index in [0.29, 0.717) is 12.1 Å². The van der Waals surface area contributed by atoms with E-state index in [0.717, 1.165) is 21.9 Å². The minimum atomic E-state index is -0.354. The predicted octanol–water partition coefficient (Wildman–Crippen LogP) is 4.53. The maximum Gasteiger partial charge on any atom is 0.267 e. The van der Waals surface area contributed by atoms with E-state index in [4.69, 9.17) is 21.9 Å². The number of hydrogen-bond acceptors (Lipinski definition) is 6. The van der Waals surface area contributed by atoms with E-state index in [2.05, 4.69) is 0 Å². The zero-order chi connectivity index (χ0) is 21.4. The number of hydrogen-bond donors (Lipinski definition) is 1. The molecule has 4 rings (SSSR count). The number of aromatic hydroxyl groups is 1. The molecule has 2 aromatic carbocycles. The Labute approximate surface area is 183 Å². The Morgan fingerprint density at radius 2 is 1.83 bits per heavy atom. The fourth-order valence-electron chi connectivity index (χ4n) is 3.46. The minimum absolute atomic E-state index is 0.0101. The van der Waals surface area contributed by atoms with Crippen molar-refractivity contribution in [2.45, 2.75) is 16.6 Å². The lowest BCUT2D eigenvalue weighted by Crippen LogP contribution is -2.29. The maximum atomic E-state index is 13.0. The molecule has 6 nitrogen and oxygen atoms in total. The molecular formula is C22H21N3O3S2. The van der Waals surface area contributed by atoms with Gasteiger partial charge in [-0.2, -0.15) is 0 Å². The zero-order valence-corrected chi connectivity index (χ0v) is 18.5. The molecule has 30 heavy (non-hydrogen) atoms. The van der Waals surface area contributed by atoms with Gasteiger partial charge in [-0.3, -0.25) is 18.9 Å². The van der Waals surface area contributed by atoms with Crippen LogP contribution in [-0.2, 0) is 14.1 Å². The van der Waals surface area contributed by atoms with Crippen LogP contribution in [0.2, 0.25) is 0 Å². The van der Waals surface area contributed by atoms with Crippen molar-refractivity contribution >= 4 is 35.4 Å². The van der Waals surface area contributed by atoms with Crippen LogP contribution < -0.4 is 10.3 Å². The molecule has 0 amide bonds. The minimum Gasteiger partial charge on any atom is -0.497 e. The topological polar surface area (TPSA) is 68.8 Å². The molecule has 0 fully saturated rings. The van der Waals surface area contributed by atoms with Crippen molar-refractivity contribution in [3.63, 3.8) is 0 Å². The highest BCUT2D eigenvalue weighted by atomic mass is 32.2. The Morgan fingerprint density at radius 1 is 1.13 bits per heavy atom. The number of aliphatic imine (C=N–C) groups is 1. The molecule has 1 aliphatic heterocycles. The smallest absolute Gasteiger partial charge is 0.267 e. The third kappa shape index (κ3) is 3.57. The van der Waals surface area contributed by atoms with Crippen LogP contribution in [0.3, 0.4) is 0 Å².